The summed E-state index contributed by atoms with van der Waals surface area (Å²) in [5.74, 6) is 4.10. The quantitative estimate of drug-likeness (QED) is 0.535. The molecule has 0 saturated heterocycles. The number of hydrogen-bond donors (Lipinski definition) is 1. The average molecular weight is 447 g/mol. The maximum atomic E-state index is 12.5. The standard InChI is InChI=1S/C26H43O2.Co/c1-7-17(4)20-8-9-21-19-11-13-26(16(2)3)14-18(27)10-12-25(26,6)23(19)22(28)15-24(20,21)5;/h16-17,19-23,28H,1,7-15H2,2-6H3;/q-1;/t17-,19?,20?,21?,22?,23?,24-,25?,26?;/m1./s1. The molecule has 4 saturated carbocycles. The van der Waals surface area contributed by atoms with Gasteiger partial charge in [0.1, 0.15) is 5.78 Å². The van der Waals surface area contributed by atoms with E-state index in [9.17, 15) is 9.90 Å². The van der Waals surface area contributed by atoms with Crippen LogP contribution in [0.3, 0.4) is 0 Å². The summed E-state index contributed by atoms with van der Waals surface area (Å²) in [6.07, 6.45) is 9.28. The first kappa shape index (κ1) is 23.8. The summed E-state index contributed by atoms with van der Waals surface area (Å²) in [6.45, 7) is 16.2. The van der Waals surface area contributed by atoms with Gasteiger partial charge in [-0.15, -0.1) is 0 Å². The number of carbonyl (C=O) groups excluding carboxylic acids is 1. The third kappa shape index (κ3) is 3.15. The number of aliphatic hydroxyl groups excluding tert-OH is 1. The van der Waals surface area contributed by atoms with Gasteiger partial charge in [-0.05, 0) is 84.4 Å². The van der Waals surface area contributed by atoms with Crippen molar-refractivity contribution in [1.82, 2.24) is 0 Å². The minimum Gasteiger partial charge on any atom is -0.393 e. The van der Waals surface area contributed by atoms with E-state index in [4.69, 9.17) is 0 Å². The summed E-state index contributed by atoms with van der Waals surface area (Å²) < 4.78 is 0. The average Bonchev–Trinajstić information content (AvgIpc) is 2.97. The third-order valence-electron chi connectivity index (χ3n) is 11.0. The van der Waals surface area contributed by atoms with Gasteiger partial charge in [0.15, 0.2) is 0 Å². The topological polar surface area (TPSA) is 37.3 Å². The first-order valence-electron chi connectivity index (χ1n) is 12.1. The smallest absolute Gasteiger partial charge is 0.133 e. The van der Waals surface area contributed by atoms with E-state index >= 15 is 0 Å². The van der Waals surface area contributed by atoms with E-state index in [0.717, 1.165) is 38.0 Å². The van der Waals surface area contributed by atoms with Crippen LogP contribution < -0.4 is 0 Å². The van der Waals surface area contributed by atoms with Crippen LogP contribution in [-0.2, 0) is 21.6 Å². The van der Waals surface area contributed by atoms with Gasteiger partial charge in [0.25, 0.3) is 0 Å². The molecule has 0 spiro atoms. The minimum atomic E-state index is -0.208. The zero-order valence-corrected chi connectivity index (χ0v) is 20.3. The van der Waals surface area contributed by atoms with Crippen LogP contribution in [-0.4, -0.2) is 17.0 Å². The summed E-state index contributed by atoms with van der Waals surface area (Å²) in [5, 5.41) is 11.7. The molecule has 29 heavy (non-hydrogen) atoms. The Kier molecular flexibility index (Phi) is 6.50. The van der Waals surface area contributed by atoms with Crippen LogP contribution in [0.25, 0.3) is 0 Å². The van der Waals surface area contributed by atoms with Crippen LogP contribution >= 0.6 is 0 Å². The van der Waals surface area contributed by atoms with Crippen molar-refractivity contribution in [3.63, 3.8) is 0 Å². The van der Waals surface area contributed by atoms with Gasteiger partial charge in [-0.25, -0.2) is 0 Å². The largest absolute Gasteiger partial charge is 0.393 e. The molecule has 0 amide bonds. The maximum absolute atomic E-state index is 12.5. The molecule has 4 aliphatic carbocycles. The number of fused-ring (bicyclic) bond motifs is 5. The molecule has 0 aromatic rings. The molecule has 0 bridgehead atoms. The molecule has 4 fully saturated rings. The Hall–Kier alpha value is 0.136. The van der Waals surface area contributed by atoms with E-state index in [1.165, 1.54) is 25.7 Å². The number of Topliss-reactive ketones (excluding diaryl/α,β-unsaturated/α-hetero) is 1. The summed E-state index contributed by atoms with van der Waals surface area (Å²) in [5.41, 5.74) is 0.474. The molecule has 0 heterocycles. The molecule has 3 heteroatoms. The monoisotopic (exact) mass is 446 g/mol. The Labute approximate surface area is 189 Å². The number of rotatable bonds is 3. The Balaban J connectivity index is 0.00000240. The zero-order chi connectivity index (χ0) is 20.5. The van der Waals surface area contributed by atoms with E-state index in [1.807, 2.05) is 0 Å². The molecular formula is C26H43CoO2-. The van der Waals surface area contributed by atoms with Gasteiger partial charge in [0.2, 0.25) is 0 Å². The Bertz CT molecular complexity index is 632. The molecule has 0 aromatic carbocycles. The molecule has 2 nitrogen and oxygen atoms in total. The van der Waals surface area contributed by atoms with E-state index in [-0.39, 0.29) is 39.1 Å². The summed E-state index contributed by atoms with van der Waals surface area (Å²) in [4.78, 5) is 12.5. The van der Waals surface area contributed by atoms with Crippen molar-refractivity contribution >= 4 is 5.78 Å². The van der Waals surface area contributed by atoms with Crippen molar-refractivity contribution in [3.8, 4) is 0 Å². The van der Waals surface area contributed by atoms with Crippen molar-refractivity contribution in [2.75, 3.05) is 0 Å². The number of aliphatic hydroxyl groups is 1. The van der Waals surface area contributed by atoms with Crippen molar-refractivity contribution in [3.05, 3.63) is 6.92 Å². The molecule has 0 aromatic heterocycles. The molecule has 0 aliphatic heterocycles. The SMILES string of the molecule is [CH2-]C[C@@H](C)C1CCC2C3CCC4(C(C)C)CC(=O)CCC4(C)C3C(O)C[C@@]21C.[Co]. The minimum absolute atomic E-state index is 0. The van der Waals surface area contributed by atoms with Crippen molar-refractivity contribution in [2.45, 2.75) is 98.5 Å². The van der Waals surface area contributed by atoms with Gasteiger partial charge in [0, 0.05) is 29.6 Å². The van der Waals surface area contributed by atoms with Gasteiger partial charge in [-0.3, -0.25) is 4.79 Å². The predicted octanol–water partition coefficient (Wildman–Crippen LogP) is 6.07. The summed E-state index contributed by atoms with van der Waals surface area (Å²) >= 11 is 0. The fourth-order valence-electron chi connectivity index (χ4n) is 9.57. The van der Waals surface area contributed by atoms with Crippen molar-refractivity contribution < 1.29 is 26.7 Å². The van der Waals surface area contributed by atoms with Gasteiger partial charge in [-0.1, -0.05) is 40.5 Å². The Morgan fingerprint density at radius 1 is 1.14 bits per heavy atom. The zero-order valence-electron chi connectivity index (χ0n) is 19.3. The van der Waals surface area contributed by atoms with Gasteiger partial charge < -0.3 is 12.0 Å². The second-order valence-corrected chi connectivity index (χ2v) is 12.0. The van der Waals surface area contributed by atoms with Gasteiger partial charge in [0.05, 0.1) is 6.10 Å². The van der Waals surface area contributed by atoms with E-state index in [1.54, 1.807) is 0 Å². The van der Waals surface area contributed by atoms with E-state index in [2.05, 4.69) is 41.5 Å². The third-order valence-corrected chi connectivity index (χ3v) is 11.0. The summed E-state index contributed by atoms with van der Waals surface area (Å²) in [7, 11) is 0. The van der Waals surface area contributed by atoms with Crippen LogP contribution in [0.4, 0.5) is 0 Å². The molecule has 169 valence electrons. The van der Waals surface area contributed by atoms with Crippen LogP contribution in [0.15, 0.2) is 0 Å². The number of carbonyl (C=O) groups is 1. The fourth-order valence-corrected chi connectivity index (χ4v) is 9.57. The molecule has 7 unspecified atom stereocenters. The maximum Gasteiger partial charge on any atom is 0.133 e. The van der Waals surface area contributed by atoms with Crippen LogP contribution in [0, 0.1) is 58.7 Å². The second-order valence-electron chi connectivity index (χ2n) is 12.0. The first-order valence-corrected chi connectivity index (χ1v) is 12.1. The molecule has 4 rings (SSSR count). The van der Waals surface area contributed by atoms with Crippen LogP contribution in [0.2, 0.25) is 0 Å². The Morgan fingerprint density at radius 2 is 1.83 bits per heavy atom. The number of ketones is 1. The molecular weight excluding hydrogens is 403 g/mol. The molecule has 1 N–H and O–H groups in total. The molecule has 9 atom stereocenters. The van der Waals surface area contributed by atoms with Gasteiger partial charge >= 0.3 is 0 Å². The number of hydrogen-bond acceptors (Lipinski definition) is 2. The predicted molar refractivity (Wildman–Crippen MR) is 115 cm³/mol. The first-order chi connectivity index (χ1) is 13.1. The Morgan fingerprint density at radius 3 is 2.45 bits per heavy atom. The van der Waals surface area contributed by atoms with Crippen LogP contribution in [0.5, 0.6) is 0 Å². The van der Waals surface area contributed by atoms with Gasteiger partial charge in [-0.2, -0.15) is 6.42 Å². The van der Waals surface area contributed by atoms with E-state index < -0.39 is 0 Å². The van der Waals surface area contributed by atoms with E-state index in [0.29, 0.717) is 35.4 Å². The molecule has 1 radical (unpaired) electrons. The molecule has 4 aliphatic rings. The normalized spacial score (nSPS) is 50.3. The van der Waals surface area contributed by atoms with Crippen molar-refractivity contribution in [2.24, 2.45) is 51.8 Å². The fraction of sp³-hybridized carbons (Fsp3) is 0.923. The second kappa shape index (κ2) is 7.92. The van der Waals surface area contributed by atoms with Crippen molar-refractivity contribution in [1.29, 1.82) is 0 Å². The van der Waals surface area contributed by atoms with Crippen LogP contribution in [0.1, 0.15) is 92.4 Å². The summed E-state index contributed by atoms with van der Waals surface area (Å²) in [6, 6.07) is 0.